The topological polar surface area (TPSA) is 64.4 Å². The standard InChI is InChI=1S/C14H28N2O2/c1-12(11-15)10-14(17)16-8-5-9-18-13-6-3-2-4-7-13/h12-13H,2-11,15H2,1H3,(H,16,17). The fourth-order valence-corrected chi connectivity index (χ4v) is 2.25. The van der Waals surface area contributed by atoms with Crippen LogP contribution in [0.15, 0.2) is 0 Å². The van der Waals surface area contributed by atoms with E-state index in [1.165, 1.54) is 32.1 Å². The van der Waals surface area contributed by atoms with Gasteiger partial charge in [-0.25, -0.2) is 0 Å². The summed E-state index contributed by atoms with van der Waals surface area (Å²) < 4.78 is 5.80. The first-order valence-electron chi connectivity index (χ1n) is 7.30. The lowest BCUT2D eigenvalue weighted by molar-refractivity contribution is -0.121. The fourth-order valence-electron chi connectivity index (χ4n) is 2.25. The zero-order valence-corrected chi connectivity index (χ0v) is 11.6. The first-order chi connectivity index (χ1) is 8.72. The Labute approximate surface area is 111 Å². The van der Waals surface area contributed by atoms with Gasteiger partial charge in [0.25, 0.3) is 0 Å². The molecule has 0 bridgehead atoms. The third kappa shape index (κ3) is 6.97. The van der Waals surface area contributed by atoms with Gasteiger partial charge in [-0.05, 0) is 31.7 Å². The first kappa shape index (κ1) is 15.4. The first-order valence-corrected chi connectivity index (χ1v) is 7.30. The number of carbonyl (C=O) groups excluding carboxylic acids is 1. The zero-order valence-electron chi connectivity index (χ0n) is 11.6. The maximum atomic E-state index is 11.5. The SMILES string of the molecule is CC(CN)CC(=O)NCCCOC1CCCCC1. The molecule has 1 atom stereocenters. The molecule has 0 aromatic rings. The second kappa shape index (κ2) is 9.34. The van der Waals surface area contributed by atoms with Crippen LogP contribution in [0, 0.1) is 5.92 Å². The maximum absolute atomic E-state index is 11.5. The molecular weight excluding hydrogens is 228 g/mol. The van der Waals surface area contributed by atoms with Crippen molar-refractivity contribution in [2.75, 3.05) is 19.7 Å². The van der Waals surface area contributed by atoms with Crippen molar-refractivity contribution in [1.82, 2.24) is 5.32 Å². The van der Waals surface area contributed by atoms with Crippen LogP contribution in [-0.2, 0) is 9.53 Å². The highest BCUT2D eigenvalue weighted by Gasteiger charge is 2.13. The van der Waals surface area contributed by atoms with Crippen molar-refractivity contribution < 1.29 is 9.53 Å². The van der Waals surface area contributed by atoms with Crippen LogP contribution in [0.4, 0.5) is 0 Å². The molecule has 1 aliphatic rings. The van der Waals surface area contributed by atoms with E-state index in [0.29, 0.717) is 25.6 Å². The van der Waals surface area contributed by atoms with Crippen molar-refractivity contribution in [1.29, 1.82) is 0 Å². The minimum absolute atomic E-state index is 0.102. The molecule has 1 aliphatic carbocycles. The van der Waals surface area contributed by atoms with Crippen LogP contribution >= 0.6 is 0 Å². The summed E-state index contributed by atoms with van der Waals surface area (Å²) in [7, 11) is 0. The van der Waals surface area contributed by atoms with Crippen LogP contribution in [0.1, 0.15) is 51.9 Å². The molecule has 0 heterocycles. The van der Waals surface area contributed by atoms with E-state index in [0.717, 1.165) is 13.0 Å². The molecule has 0 aromatic heterocycles. The van der Waals surface area contributed by atoms with Gasteiger partial charge < -0.3 is 15.8 Å². The summed E-state index contributed by atoms with van der Waals surface area (Å²) in [5, 5.41) is 2.91. The predicted molar refractivity (Wildman–Crippen MR) is 73.3 cm³/mol. The van der Waals surface area contributed by atoms with Crippen molar-refractivity contribution in [2.24, 2.45) is 11.7 Å². The lowest BCUT2D eigenvalue weighted by Crippen LogP contribution is -2.29. The maximum Gasteiger partial charge on any atom is 0.220 e. The summed E-state index contributed by atoms with van der Waals surface area (Å²) >= 11 is 0. The van der Waals surface area contributed by atoms with Gasteiger partial charge in [-0.1, -0.05) is 26.2 Å². The number of nitrogens with two attached hydrogens (primary N) is 1. The Morgan fingerprint density at radius 2 is 2.11 bits per heavy atom. The molecule has 1 fully saturated rings. The molecule has 3 N–H and O–H groups in total. The van der Waals surface area contributed by atoms with E-state index in [9.17, 15) is 4.79 Å². The van der Waals surface area contributed by atoms with Gasteiger partial charge in [0.1, 0.15) is 0 Å². The highest BCUT2D eigenvalue weighted by molar-refractivity contribution is 5.76. The van der Waals surface area contributed by atoms with Gasteiger partial charge in [-0.2, -0.15) is 0 Å². The zero-order chi connectivity index (χ0) is 13.2. The Hall–Kier alpha value is -0.610. The second-order valence-corrected chi connectivity index (χ2v) is 5.38. The summed E-state index contributed by atoms with van der Waals surface area (Å²) in [5.41, 5.74) is 5.48. The summed E-state index contributed by atoms with van der Waals surface area (Å²) in [4.78, 5) is 11.5. The summed E-state index contributed by atoms with van der Waals surface area (Å²) in [6.07, 6.45) is 8.28. The normalized spacial score (nSPS) is 18.6. The number of amides is 1. The molecule has 1 amide bonds. The van der Waals surface area contributed by atoms with Crippen molar-refractivity contribution in [3.05, 3.63) is 0 Å². The third-order valence-electron chi connectivity index (χ3n) is 3.49. The Balaban J connectivity index is 1.92. The average molecular weight is 256 g/mol. The van der Waals surface area contributed by atoms with Crippen molar-refractivity contribution in [3.8, 4) is 0 Å². The van der Waals surface area contributed by atoms with Gasteiger partial charge >= 0.3 is 0 Å². The number of hydrogen-bond donors (Lipinski definition) is 2. The Morgan fingerprint density at radius 1 is 1.39 bits per heavy atom. The van der Waals surface area contributed by atoms with E-state index in [2.05, 4.69) is 5.32 Å². The number of hydrogen-bond acceptors (Lipinski definition) is 3. The van der Waals surface area contributed by atoms with Crippen LogP contribution in [0.3, 0.4) is 0 Å². The molecule has 0 aliphatic heterocycles. The summed E-state index contributed by atoms with van der Waals surface area (Å²) in [6, 6.07) is 0. The highest BCUT2D eigenvalue weighted by Crippen LogP contribution is 2.20. The fraction of sp³-hybridized carbons (Fsp3) is 0.929. The molecule has 18 heavy (non-hydrogen) atoms. The number of carbonyl (C=O) groups is 1. The predicted octanol–water partition coefficient (Wildman–Crippen LogP) is 1.83. The molecular formula is C14H28N2O2. The van der Waals surface area contributed by atoms with E-state index in [1.54, 1.807) is 0 Å². The average Bonchev–Trinajstić information content (AvgIpc) is 2.39. The van der Waals surface area contributed by atoms with E-state index < -0.39 is 0 Å². The van der Waals surface area contributed by atoms with Crippen LogP contribution in [0.5, 0.6) is 0 Å². The van der Waals surface area contributed by atoms with E-state index in [-0.39, 0.29) is 11.8 Å². The minimum Gasteiger partial charge on any atom is -0.378 e. The number of nitrogens with one attached hydrogen (secondary N) is 1. The highest BCUT2D eigenvalue weighted by atomic mass is 16.5. The van der Waals surface area contributed by atoms with Gasteiger partial charge in [0.15, 0.2) is 0 Å². The lowest BCUT2D eigenvalue weighted by Gasteiger charge is -2.21. The minimum atomic E-state index is 0.102. The molecule has 0 spiro atoms. The van der Waals surface area contributed by atoms with Crippen LogP contribution < -0.4 is 11.1 Å². The van der Waals surface area contributed by atoms with Gasteiger partial charge in [-0.15, -0.1) is 0 Å². The summed E-state index contributed by atoms with van der Waals surface area (Å²) in [5.74, 6) is 0.370. The molecule has 0 radical (unpaired) electrons. The van der Waals surface area contributed by atoms with Gasteiger partial charge in [0.05, 0.1) is 6.10 Å². The van der Waals surface area contributed by atoms with E-state index in [1.807, 2.05) is 6.92 Å². The van der Waals surface area contributed by atoms with Gasteiger partial charge in [0.2, 0.25) is 5.91 Å². The van der Waals surface area contributed by atoms with E-state index in [4.69, 9.17) is 10.5 Å². The van der Waals surface area contributed by atoms with Gasteiger partial charge in [-0.3, -0.25) is 4.79 Å². The largest absolute Gasteiger partial charge is 0.378 e. The second-order valence-electron chi connectivity index (χ2n) is 5.38. The molecule has 4 nitrogen and oxygen atoms in total. The monoisotopic (exact) mass is 256 g/mol. The molecule has 106 valence electrons. The molecule has 0 aromatic carbocycles. The molecule has 4 heteroatoms. The number of rotatable bonds is 8. The Morgan fingerprint density at radius 3 is 2.78 bits per heavy atom. The number of ether oxygens (including phenoxy) is 1. The molecule has 1 saturated carbocycles. The van der Waals surface area contributed by atoms with Crippen LogP contribution in [-0.4, -0.2) is 31.7 Å². The van der Waals surface area contributed by atoms with Crippen molar-refractivity contribution in [3.63, 3.8) is 0 Å². The smallest absolute Gasteiger partial charge is 0.220 e. The van der Waals surface area contributed by atoms with E-state index >= 15 is 0 Å². The van der Waals surface area contributed by atoms with Crippen molar-refractivity contribution >= 4 is 5.91 Å². The molecule has 1 rings (SSSR count). The van der Waals surface area contributed by atoms with Crippen LogP contribution in [0.2, 0.25) is 0 Å². The Bertz CT molecular complexity index is 228. The lowest BCUT2D eigenvalue weighted by atomic mass is 9.98. The molecule has 1 unspecified atom stereocenters. The third-order valence-corrected chi connectivity index (χ3v) is 3.49. The van der Waals surface area contributed by atoms with Gasteiger partial charge in [0, 0.05) is 19.6 Å². The van der Waals surface area contributed by atoms with Crippen LogP contribution in [0.25, 0.3) is 0 Å². The van der Waals surface area contributed by atoms with Crippen molar-refractivity contribution in [2.45, 2.75) is 58.0 Å². The Kier molecular flexibility index (Phi) is 8.01. The summed E-state index contributed by atoms with van der Waals surface area (Å²) in [6.45, 7) is 4.03. The molecule has 0 saturated heterocycles. The quantitative estimate of drug-likeness (QED) is 0.651.